The van der Waals surface area contributed by atoms with Crippen LogP contribution >= 0.6 is 0 Å². The SMILES string of the molecule is CC(=O)Nc1ccc(Nc2ncc3c(n2)CN(C(=O)OC(C)(C)C)CC3)cn1. The molecule has 0 aromatic carbocycles. The highest BCUT2D eigenvalue weighted by atomic mass is 16.6. The van der Waals surface area contributed by atoms with Gasteiger partial charge in [-0.1, -0.05) is 0 Å². The van der Waals surface area contributed by atoms with Crippen molar-refractivity contribution < 1.29 is 14.3 Å². The van der Waals surface area contributed by atoms with Crippen LogP contribution in [0.4, 0.5) is 22.2 Å². The zero-order chi connectivity index (χ0) is 20.3. The van der Waals surface area contributed by atoms with Gasteiger partial charge in [0.1, 0.15) is 11.4 Å². The highest BCUT2D eigenvalue weighted by Crippen LogP contribution is 2.21. The Bertz CT molecular complexity index is 876. The van der Waals surface area contributed by atoms with Crippen LogP contribution in [0.5, 0.6) is 0 Å². The number of nitrogens with zero attached hydrogens (tertiary/aromatic N) is 4. The number of amides is 2. The average molecular weight is 384 g/mol. The van der Waals surface area contributed by atoms with Gasteiger partial charge in [-0.05, 0) is 44.9 Å². The van der Waals surface area contributed by atoms with Crippen LogP contribution in [-0.2, 0) is 22.5 Å². The monoisotopic (exact) mass is 384 g/mol. The van der Waals surface area contributed by atoms with Gasteiger partial charge in [0.2, 0.25) is 11.9 Å². The van der Waals surface area contributed by atoms with E-state index >= 15 is 0 Å². The number of aromatic nitrogens is 3. The summed E-state index contributed by atoms with van der Waals surface area (Å²) in [6.07, 6.45) is 3.70. The highest BCUT2D eigenvalue weighted by Gasteiger charge is 2.26. The van der Waals surface area contributed by atoms with Crippen molar-refractivity contribution in [2.24, 2.45) is 0 Å². The smallest absolute Gasteiger partial charge is 0.410 e. The molecule has 0 radical (unpaired) electrons. The Morgan fingerprint density at radius 3 is 2.61 bits per heavy atom. The first-order chi connectivity index (χ1) is 13.2. The zero-order valence-electron chi connectivity index (χ0n) is 16.4. The molecule has 0 aliphatic carbocycles. The Balaban J connectivity index is 1.69. The van der Waals surface area contributed by atoms with Crippen LogP contribution in [0.25, 0.3) is 0 Å². The minimum atomic E-state index is -0.536. The van der Waals surface area contributed by atoms with E-state index in [4.69, 9.17) is 4.74 Å². The third-order valence-corrected chi connectivity index (χ3v) is 3.92. The zero-order valence-corrected chi connectivity index (χ0v) is 16.4. The summed E-state index contributed by atoms with van der Waals surface area (Å²) >= 11 is 0. The molecular formula is C19H24N6O3. The van der Waals surface area contributed by atoms with Crippen molar-refractivity contribution in [1.82, 2.24) is 19.9 Å². The summed E-state index contributed by atoms with van der Waals surface area (Å²) in [6.45, 7) is 7.91. The topological polar surface area (TPSA) is 109 Å². The Kier molecular flexibility index (Phi) is 5.43. The maximum Gasteiger partial charge on any atom is 0.410 e. The summed E-state index contributed by atoms with van der Waals surface area (Å²) in [5, 5.41) is 5.69. The second-order valence-electron chi connectivity index (χ2n) is 7.56. The molecule has 1 aliphatic heterocycles. The molecule has 2 aromatic heterocycles. The maximum atomic E-state index is 12.3. The Labute approximate surface area is 163 Å². The molecule has 148 valence electrons. The lowest BCUT2D eigenvalue weighted by molar-refractivity contribution is -0.114. The molecule has 3 heterocycles. The molecule has 0 fully saturated rings. The molecule has 9 heteroatoms. The van der Waals surface area contributed by atoms with Crippen molar-refractivity contribution in [3.63, 3.8) is 0 Å². The van der Waals surface area contributed by atoms with Crippen molar-refractivity contribution in [2.45, 2.75) is 46.3 Å². The Morgan fingerprint density at radius 2 is 1.96 bits per heavy atom. The lowest BCUT2D eigenvalue weighted by atomic mass is 10.1. The van der Waals surface area contributed by atoms with Crippen LogP contribution in [0, 0.1) is 0 Å². The number of anilines is 3. The number of rotatable bonds is 3. The van der Waals surface area contributed by atoms with Gasteiger partial charge >= 0.3 is 6.09 Å². The van der Waals surface area contributed by atoms with Crippen LogP contribution in [-0.4, -0.2) is 44.0 Å². The Morgan fingerprint density at radius 1 is 1.18 bits per heavy atom. The molecular weight excluding hydrogens is 360 g/mol. The number of nitrogens with one attached hydrogen (secondary N) is 2. The summed E-state index contributed by atoms with van der Waals surface area (Å²) in [5.74, 6) is 0.706. The fourth-order valence-electron chi connectivity index (χ4n) is 2.70. The molecule has 0 saturated heterocycles. The molecule has 9 nitrogen and oxygen atoms in total. The van der Waals surface area contributed by atoms with Crippen LogP contribution in [0.3, 0.4) is 0 Å². The number of hydrogen-bond donors (Lipinski definition) is 2. The van der Waals surface area contributed by atoms with E-state index in [1.54, 1.807) is 29.4 Å². The molecule has 0 atom stereocenters. The number of pyridine rings is 1. The second-order valence-corrected chi connectivity index (χ2v) is 7.56. The molecule has 0 spiro atoms. The number of carbonyl (C=O) groups excluding carboxylic acids is 2. The van der Waals surface area contributed by atoms with Gasteiger partial charge in [0, 0.05) is 19.7 Å². The van der Waals surface area contributed by atoms with Crippen molar-refractivity contribution in [3.8, 4) is 0 Å². The molecule has 0 unspecified atom stereocenters. The highest BCUT2D eigenvalue weighted by molar-refractivity contribution is 5.87. The van der Waals surface area contributed by atoms with Gasteiger partial charge in [0.05, 0.1) is 24.1 Å². The van der Waals surface area contributed by atoms with Gasteiger partial charge in [-0.25, -0.2) is 19.7 Å². The number of carbonyl (C=O) groups is 2. The fraction of sp³-hybridized carbons (Fsp3) is 0.421. The summed E-state index contributed by atoms with van der Waals surface area (Å²) in [4.78, 5) is 38.0. The van der Waals surface area contributed by atoms with Gasteiger partial charge in [0.25, 0.3) is 0 Å². The first-order valence-electron chi connectivity index (χ1n) is 9.03. The van der Waals surface area contributed by atoms with Crippen molar-refractivity contribution in [1.29, 1.82) is 0 Å². The van der Waals surface area contributed by atoms with Crippen molar-refractivity contribution >= 4 is 29.5 Å². The van der Waals surface area contributed by atoms with Gasteiger partial charge in [-0.3, -0.25) is 4.79 Å². The Hall–Kier alpha value is -3.23. The van der Waals surface area contributed by atoms with Crippen molar-refractivity contribution in [2.75, 3.05) is 17.2 Å². The van der Waals surface area contributed by atoms with Crippen LogP contribution in [0.1, 0.15) is 39.0 Å². The maximum absolute atomic E-state index is 12.3. The van der Waals surface area contributed by atoms with Gasteiger partial charge in [-0.2, -0.15) is 0 Å². The number of hydrogen-bond acceptors (Lipinski definition) is 7. The van der Waals surface area contributed by atoms with Crippen LogP contribution < -0.4 is 10.6 Å². The summed E-state index contributed by atoms with van der Waals surface area (Å²) in [5.41, 5.74) is 1.96. The number of fused-ring (bicyclic) bond motifs is 1. The molecule has 2 aromatic rings. The third-order valence-electron chi connectivity index (χ3n) is 3.92. The van der Waals surface area contributed by atoms with E-state index in [1.165, 1.54) is 6.92 Å². The normalized spacial score (nSPS) is 13.5. The lowest BCUT2D eigenvalue weighted by Crippen LogP contribution is -2.40. The van der Waals surface area contributed by atoms with Crippen LogP contribution in [0.15, 0.2) is 24.5 Å². The van der Waals surface area contributed by atoms with E-state index in [-0.39, 0.29) is 12.0 Å². The first kappa shape index (κ1) is 19.5. The first-order valence-corrected chi connectivity index (χ1v) is 9.03. The predicted molar refractivity (Wildman–Crippen MR) is 104 cm³/mol. The molecule has 2 N–H and O–H groups in total. The minimum absolute atomic E-state index is 0.180. The third kappa shape index (κ3) is 5.15. The van der Waals surface area contributed by atoms with E-state index in [0.717, 1.165) is 11.3 Å². The van der Waals surface area contributed by atoms with Gasteiger partial charge < -0.3 is 20.3 Å². The van der Waals surface area contributed by atoms with E-state index in [2.05, 4.69) is 25.6 Å². The standard InChI is InChI=1S/C19H24N6O3/c1-12(26)22-16-6-5-14(10-20-16)23-17-21-9-13-7-8-25(11-15(13)24-17)18(27)28-19(2,3)4/h5-6,9-10H,7-8,11H2,1-4H3,(H,20,22,26)(H,21,23,24). The largest absolute Gasteiger partial charge is 0.444 e. The van der Waals surface area contributed by atoms with E-state index < -0.39 is 5.60 Å². The molecule has 0 bridgehead atoms. The summed E-state index contributed by atoms with van der Waals surface area (Å²) in [6, 6.07) is 3.46. The van der Waals surface area contributed by atoms with E-state index in [0.29, 0.717) is 37.0 Å². The molecule has 1 aliphatic rings. The summed E-state index contributed by atoms with van der Waals surface area (Å²) in [7, 11) is 0. The van der Waals surface area contributed by atoms with Gasteiger partial charge in [0.15, 0.2) is 0 Å². The fourth-order valence-corrected chi connectivity index (χ4v) is 2.70. The van der Waals surface area contributed by atoms with E-state index in [9.17, 15) is 9.59 Å². The molecule has 0 saturated carbocycles. The summed E-state index contributed by atoms with van der Waals surface area (Å²) < 4.78 is 5.45. The van der Waals surface area contributed by atoms with E-state index in [1.807, 2.05) is 20.8 Å². The quantitative estimate of drug-likeness (QED) is 0.837. The molecule has 2 amide bonds. The number of ether oxygens (including phenoxy) is 1. The molecule has 28 heavy (non-hydrogen) atoms. The second kappa shape index (κ2) is 7.79. The van der Waals surface area contributed by atoms with Gasteiger partial charge in [-0.15, -0.1) is 0 Å². The predicted octanol–water partition coefficient (Wildman–Crippen LogP) is 2.87. The van der Waals surface area contributed by atoms with Crippen molar-refractivity contribution in [3.05, 3.63) is 35.8 Å². The minimum Gasteiger partial charge on any atom is -0.444 e. The lowest BCUT2D eigenvalue weighted by Gasteiger charge is -2.30. The van der Waals surface area contributed by atoms with Crippen LogP contribution in [0.2, 0.25) is 0 Å². The molecule has 3 rings (SSSR count). The average Bonchev–Trinajstić information content (AvgIpc) is 2.61.